The fraction of sp³-hybridized carbons (Fsp3) is 0.400. The molecule has 8 heteroatoms. The Morgan fingerprint density at radius 1 is 1.39 bits per heavy atom. The van der Waals surface area contributed by atoms with Gasteiger partial charge in [0.2, 0.25) is 0 Å². The molecule has 1 aromatic heterocycles. The molecular weight excluding hydrogens is 271 g/mol. The van der Waals surface area contributed by atoms with Crippen molar-refractivity contribution in [1.29, 1.82) is 0 Å². The minimum atomic E-state index is -5.03. The predicted octanol–water partition coefficient (Wildman–Crippen LogP) is 2.82. The number of halogens is 3. The third-order valence-electron chi connectivity index (χ3n) is 2.54. The van der Waals surface area contributed by atoms with Crippen molar-refractivity contribution in [2.45, 2.75) is 24.9 Å². The molecule has 98 valence electrons. The van der Waals surface area contributed by atoms with Gasteiger partial charge in [0.1, 0.15) is 5.00 Å². The lowest BCUT2D eigenvalue weighted by Crippen LogP contribution is -2.30. The molecule has 1 aromatic rings. The van der Waals surface area contributed by atoms with E-state index in [1.54, 1.807) is 5.32 Å². The van der Waals surface area contributed by atoms with Gasteiger partial charge < -0.3 is 10.4 Å². The normalized spacial score (nSPS) is 15.5. The third-order valence-corrected chi connectivity index (χ3v) is 3.45. The van der Waals surface area contributed by atoms with E-state index in [4.69, 9.17) is 5.11 Å². The van der Waals surface area contributed by atoms with Gasteiger partial charge in [0, 0.05) is 0 Å². The van der Waals surface area contributed by atoms with E-state index in [-0.39, 0.29) is 16.5 Å². The molecule has 0 aliphatic heterocycles. The Labute approximate surface area is 103 Å². The fourth-order valence-corrected chi connectivity index (χ4v) is 2.58. The Hall–Kier alpha value is -1.57. The minimum absolute atomic E-state index is 0.0869. The molecule has 1 fully saturated rings. The van der Waals surface area contributed by atoms with Crippen LogP contribution in [-0.2, 0) is 4.79 Å². The summed E-state index contributed by atoms with van der Waals surface area (Å²) in [5.74, 6) is -3.39. The number of carboxylic acid groups (broad SMARTS) is 1. The number of thiophene rings is 1. The maximum atomic E-state index is 12.1. The number of hydrogen-bond acceptors (Lipinski definition) is 3. The van der Waals surface area contributed by atoms with Crippen LogP contribution in [0.4, 0.5) is 18.2 Å². The van der Waals surface area contributed by atoms with Crippen molar-refractivity contribution in [3.05, 3.63) is 16.5 Å². The highest BCUT2D eigenvalue weighted by molar-refractivity contribution is 7.15. The number of aromatic carboxylic acids is 1. The first-order valence-corrected chi connectivity index (χ1v) is 5.91. The van der Waals surface area contributed by atoms with Crippen LogP contribution in [0.25, 0.3) is 0 Å². The number of carbonyl (C=O) groups is 2. The highest BCUT2D eigenvalue weighted by Crippen LogP contribution is 2.46. The summed E-state index contributed by atoms with van der Waals surface area (Å²) in [4.78, 5) is 21.8. The first kappa shape index (κ1) is 12.9. The number of amides is 1. The summed E-state index contributed by atoms with van der Waals surface area (Å²) in [6.45, 7) is 0. The van der Waals surface area contributed by atoms with E-state index >= 15 is 0 Å². The molecule has 0 saturated heterocycles. The molecule has 0 atom stereocenters. The first-order chi connectivity index (χ1) is 8.30. The zero-order valence-electron chi connectivity index (χ0n) is 8.87. The van der Waals surface area contributed by atoms with Crippen molar-refractivity contribution in [2.75, 3.05) is 5.32 Å². The first-order valence-electron chi connectivity index (χ1n) is 5.03. The summed E-state index contributed by atoms with van der Waals surface area (Å²) in [6.07, 6.45) is -3.38. The largest absolute Gasteiger partial charge is 0.478 e. The lowest BCUT2D eigenvalue weighted by Gasteiger charge is -2.07. The van der Waals surface area contributed by atoms with E-state index in [1.165, 1.54) is 5.38 Å². The number of carboxylic acids is 1. The third kappa shape index (κ3) is 2.47. The molecule has 0 spiro atoms. The fourth-order valence-electron chi connectivity index (χ4n) is 1.55. The Kier molecular flexibility index (Phi) is 3.05. The van der Waals surface area contributed by atoms with Gasteiger partial charge in [-0.25, -0.2) is 4.79 Å². The molecule has 1 aliphatic rings. The number of rotatable bonds is 3. The SMILES string of the molecule is O=C(O)c1c(C2CC2)csc1NC(=O)C(F)(F)F. The summed E-state index contributed by atoms with van der Waals surface area (Å²) in [5, 5.41) is 11.8. The van der Waals surface area contributed by atoms with Crippen LogP contribution in [-0.4, -0.2) is 23.2 Å². The van der Waals surface area contributed by atoms with Crippen molar-refractivity contribution in [3.63, 3.8) is 0 Å². The van der Waals surface area contributed by atoms with Crippen LogP contribution in [0.1, 0.15) is 34.7 Å². The summed E-state index contributed by atoms with van der Waals surface area (Å²) in [7, 11) is 0. The molecule has 0 radical (unpaired) electrons. The molecule has 1 aliphatic carbocycles. The van der Waals surface area contributed by atoms with Crippen LogP contribution >= 0.6 is 11.3 Å². The summed E-state index contributed by atoms with van der Waals surface area (Å²) in [6, 6.07) is 0. The quantitative estimate of drug-likeness (QED) is 0.894. The van der Waals surface area contributed by atoms with Crippen LogP contribution in [0, 0.1) is 0 Å². The average Bonchev–Trinajstić information content (AvgIpc) is 2.98. The second kappa shape index (κ2) is 4.27. The van der Waals surface area contributed by atoms with Gasteiger partial charge >= 0.3 is 18.1 Å². The Balaban J connectivity index is 2.28. The van der Waals surface area contributed by atoms with E-state index < -0.39 is 18.1 Å². The zero-order valence-corrected chi connectivity index (χ0v) is 9.69. The maximum Gasteiger partial charge on any atom is 0.471 e. The number of hydrogen-bond donors (Lipinski definition) is 2. The Bertz CT molecular complexity index is 505. The van der Waals surface area contributed by atoms with E-state index in [0.29, 0.717) is 5.56 Å². The number of anilines is 1. The zero-order chi connectivity index (χ0) is 13.5. The van der Waals surface area contributed by atoms with Crippen LogP contribution in [0.5, 0.6) is 0 Å². The average molecular weight is 279 g/mol. The number of carbonyl (C=O) groups excluding carboxylic acids is 1. The van der Waals surface area contributed by atoms with Crippen molar-refractivity contribution in [2.24, 2.45) is 0 Å². The van der Waals surface area contributed by atoms with Gasteiger partial charge in [-0.15, -0.1) is 11.3 Å². The molecule has 1 amide bonds. The highest BCUT2D eigenvalue weighted by Gasteiger charge is 2.40. The predicted molar refractivity (Wildman–Crippen MR) is 57.9 cm³/mol. The Morgan fingerprint density at radius 3 is 2.44 bits per heavy atom. The molecule has 2 N–H and O–H groups in total. The topological polar surface area (TPSA) is 66.4 Å². The van der Waals surface area contributed by atoms with Gasteiger partial charge in [-0.1, -0.05) is 0 Å². The molecule has 4 nitrogen and oxygen atoms in total. The lowest BCUT2D eigenvalue weighted by molar-refractivity contribution is -0.167. The molecular formula is C10H8F3NO3S. The van der Waals surface area contributed by atoms with Crippen LogP contribution < -0.4 is 5.32 Å². The van der Waals surface area contributed by atoms with Gasteiger partial charge in [-0.2, -0.15) is 13.2 Å². The summed E-state index contributed by atoms with van der Waals surface area (Å²) in [5.41, 5.74) is 0.282. The van der Waals surface area contributed by atoms with Crippen molar-refractivity contribution in [1.82, 2.24) is 0 Å². The molecule has 1 heterocycles. The van der Waals surface area contributed by atoms with Crippen LogP contribution in [0.3, 0.4) is 0 Å². The van der Waals surface area contributed by atoms with E-state index in [1.807, 2.05) is 0 Å². The standard InChI is InChI=1S/C10H8F3NO3S/c11-10(12,13)9(17)14-7-6(8(15)16)5(3-18-7)4-1-2-4/h3-4H,1-2H2,(H,14,17)(H,15,16). The smallest absolute Gasteiger partial charge is 0.471 e. The van der Waals surface area contributed by atoms with Gasteiger partial charge in [0.25, 0.3) is 0 Å². The molecule has 0 unspecified atom stereocenters. The van der Waals surface area contributed by atoms with E-state index in [2.05, 4.69) is 0 Å². The highest BCUT2D eigenvalue weighted by atomic mass is 32.1. The molecule has 2 rings (SSSR count). The van der Waals surface area contributed by atoms with E-state index in [0.717, 1.165) is 24.2 Å². The second-order valence-corrected chi connectivity index (χ2v) is 4.81. The van der Waals surface area contributed by atoms with Gasteiger partial charge in [-0.05, 0) is 29.7 Å². The van der Waals surface area contributed by atoms with Crippen LogP contribution in [0.2, 0.25) is 0 Å². The number of alkyl halides is 3. The summed E-state index contributed by atoms with van der Waals surface area (Å²) >= 11 is 0.804. The monoisotopic (exact) mass is 279 g/mol. The molecule has 0 aromatic carbocycles. The maximum absolute atomic E-state index is 12.1. The van der Waals surface area contributed by atoms with Crippen molar-refractivity contribution in [3.8, 4) is 0 Å². The lowest BCUT2D eigenvalue weighted by atomic mass is 10.1. The minimum Gasteiger partial charge on any atom is -0.478 e. The van der Waals surface area contributed by atoms with Gasteiger partial charge in [0.05, 0.1) is 5.56 Å². The van der Waals surface area contributed by atoms with E-state index in [9.17, 15) is 22.8 Å². The molecule has 0 bridgehead atoms. The number of nitrogens with one attached hydrogen (secondary N) is 1. The van der Waals surface area contributed by atoms with Crippen molar-refractivity contribution >= 4 is 28.2 Å². The second-order valence-electron chi connectivity index (χ2n) is 3.93. The van der Waals surface area contributed by atoms with Crippen LogP contribution in [0.15, 0.2) is 5.38 Å². The molecule has 18 heavy (non-hydrogen) atoms. The Morgan fingerprint density at radius 2 is 2.00 bits per heavy atom. The van der Waals surface area contributed by atoms with Gasteiger partial charge in [-0.3, -0.25) is 4.79 Å². The molecule has 1 saturated carbocycles. The van der Waals surface area contributed by atoms with Crippen molar-refractivity contribution < 1.29 is 27.9 Å². The van der Waals surface area contributed by atoms with Gasteiger partial charge in [0.15, 0.2) is 0 Å². The summed E-state index contributed by atoms with van der Waals surface area (Å²) < 4.78 is 36.3.